The highest BCUT2D eigenvalue weighted by Crippen LogP contribution is 2.31. The molecule has 0 aromatic heterocycles. The normalized spacial score (nSPS) is 17.8. The second kappa shape index (κ2) is 9.84. The minimum Gasteiger partial charge on any atom is -0.497 e. The van der Waals surface area contributed by atoms with Crippen molar-refractivity contribution < 1.29 is 22.7 Å². The number of methoxy groups -OCH3 is 1. The van der Waals surface area contributed by atoms with Gasteiger partial charge in [0, 0.05) is 29.2 Å². The molecule has 0 bridgehead atoms. The van der Waals surface area contributed by atoms with Crippen LogP contribution in [-0.4, -0.2) is 49.2 Å². The molecule has 2 amide bonds. The van der Waals surface area contributed by atoms with Crippen molar-refractivity contribution in [2.24, 2.45) is 4.40 Å². The van der Waals surface area contributed by atoms with Crippen LogP contribution in [0.4, 0.5) is 5.69 Å². The van der Waals surface area contributed by atoms with E-state index in [1.54, 1.807) is 43.3 Å². The number of amides is 2. The van der Waals surface area contributed by atoms with Gasteiger partial charge in [0.15, 0.2) is 5.17 Å². The number of ether oxygens (including phenoxy) is 1. The molecule has 2 aromatic carbocycles. The van der Waals surface area contributed by atoms with Gasteiger partial charge in [-0.3, -0.25) is 14.5 Å². The first-order valence-corrected chi connectivity index (χ1v) is 12.4. The molecule has 1 atom stereocenters. The molecule has 1 aliphatic heterocycles. The fourth-order valence-corrected chi connectivity index (χ4v) is 5.53. The molecule has 11 heteroatoms. The summed E-state index contributed by atoms with van der Waals surface area (Å²) < 4.78 is 35.0. The highest BCUT2D eigenvalue weighted by atomic mass is 79.9. The molecule has 8 nitrogen and oxygen atoms in total. The molecule has 1 N–H and O–H groups in total. The minimum absolute atomic E-state index is 0.0199. The molecule has 0 aliphatic carbocycles. The predicted octanol–water partition coefficient (Wildman–Crippen LogP) is 3.50. The third-order valence-corrected chi connectivity index (χ3v) is 7.47. The molecule has 1 saturated heterocycles. The number of amidine groups is 1. The molecule has 3 rings (SSSR count). The van der Waals surface area contributed by atoms with Gasteiger partial charge in [0.1, 0.15) is 11.0 Å². The summed E-state index contributed by atoms with van der Waals surface area (Å²) in [6.45, 7) is 1.97. The van der Waals surface area contributed by atoms with Crippen molar-refractivity contribution in [1.82, 2.24) is 4.90 Å². The van der Waals surface area contributed by atoms with Gasteiger partial charge >= 0.3 is 0 Å². The summed E-state index contributed by atoms with van der Waals surface area (Å²) in [7, 11) is -2.47. The summed E-state index contributed by atoms with van der Waals surface area (Å²) in [5.74, 6) is -0.126. The lowest BCUT2D eigenvalue weighted by atomic mass is 10.2. The van der Waals surface area contributed by atoms with Crippen molar-refractivity contribution >= 4 is 60.4 Å². The maximum absolute atomic E-state index is 12.7. The maximum Gasteiger partial charge on any atom is 0.284 e. The van der Waals surface area contributed by atoms with E-state index in [9.17, 15) is 18.0 Å². The van der Waals surface area contributed by atoms with Crippen molar-refractivity contribution in [3.63, 3.8) is 0 Å². The van der Waals surface area contributed by atoms with Gasteiger partial charge in [-0.25, -0.2) is 0 Å². The highest BCUT2D eigenvalue weighted by Gasteiger charge is 2.39. The molecule has 0 saturated carbocycles. The van der Waals surface area contributed by atoms with E-state index >= 15 is 0 Å². The van der Waals surface area contributed by atoms with E-state index in [0.29, 0.717) is 11.4 Å². The number of sulfonamides is 1. The number of nitrogens with one attached hydrogen (secondary N) is 1. The summed E-state index contributed by atoms with van der Waals surface area (Å²) in [6, 6.07) is 12.9. The van der Waals surface area contributed by atoms with E-state index in [4.69, 9.17) is 4.74 Å². The Labute approximate surface area is 193 Å². The average Bonchev–Trinajstić information content (AvgIpc) is 3.01. The lowest BCUT2D eigenvalue weighted by Crippen LogP contribution is -2.33. The Morgan fingerprint density at radius 1 is 1.26 bits per heavy atom. The van der Waals surface area contributed by atoms with Crippen molar-refractivity contribution in [1.29, 1.82) is 0 Å². The largest absolute Gasteiger partial charge is 0.497 e. The molecule has 1 heterocycles. The summed E-state index contributed by atoms with van der Waals surface area (Å²) in [4.78, 5) is 26.5. The maximum atomic E-state index is 12.7. The molecule has 0 unspecified atom stereocenters. The van der Waals surface area contributed by atoms with E-state index in [2.05, 4.69) is 25.6 Å². The van der Waals surface area contributed by atoms with E-state index in [1.165, 1.54) is 24.1 Å². The summed E-state index contributed by atoms with van der Waals surface area (Å²) in [6.07, 6.45) is -0.117. The van der Waals surface area contributed by atoms with Crippen LogP contribution in [0.2, 0.25) is 0 Å². The van der Waals surface area contributed by atoms with Gasteiger partial charge in [0.25, 0.3) is 10.0 Å². The van der Waals surface area contributed by atoms with Crippen LogP contribution in [-0.2, 0) is 19.6 Å². The van der Waals surface area contributed by atoms with Gasteiger partial charge < -0.3 is 10.1 Å². The molecule has 2 aromatic rings. The quantitative estimate of drug-likeness (QED) is 0.592. The summed E-state index contributed by atoms with van der Waals surface area (Å²) >= 11 is 4.23. The molecule has 0 spiro atoms. The second-order valence-corrected chi connectivity index (χ2v) is 10.2. The van der Waals surface area contributed by atoms with Gasteiger partial charge in [-0.05, 0) is 43.3 Å². The number of hydrogen-bond acceptors (Lipinski definition) is 6. The number of hydrogen-bond donors (Lipinski definition) is 1. The molecular formula is C20H20BrN3O5S2. The van der Waals surface area contributed by atoms with Crippen LogP contribution in [0.15, 0.2) is 62.3 Å². The monoisotopic (exact) mass is 525 g/mol. The number of anilines is 1. The van der Waals surface area contributed by atoms with Gasteiger partial charge in [0.2, 0.25) is 11.8 Å². The van der Waals surface area contributed by atoms with E-state index in [-0.39, 0.29) is 34.8 Å². The minimum atomic E-state index is -4.00. The number of thioether (sulfide) groups is 1. The number of halogens is 1. The van der Waals surface area contributed by atoms with Crippen LogP contribution in [0.3, 0.4) is 0 Å². The number of carbonyl (C=O) groups excluding carboxylic acids is 2. The molecule has 0 radical (unpaired) electrons. The first kappa shape index (κ1) is 23.3. The summed E-state index contributed by atoms with van der Waals surface area (Å²) in [5, 5.41) is 2.03. The number of benzene rings is 2. The van der Waals surface area contributed by atoms with Crippen LogP contribution in [0.25, 0.3) is 0 Å². The van der Waals surface area contributed by atoms with Gasteiger partial charge in [-0.15, -0.1) is 4.40 Å². The Balaban J connectivity index is 1.75. The van der Waals surface area contributed by atoms with Crippen LogP contribution >= 0.6 is 27.7 Å². The van der Waals surface area contributed by atoms with Crippen molar-refractivity contribution in [2.45, 2.75) is 23.5 Å². The van der Waals surface area contributed by atoms with Gasteiger partial charge in [-0.1, -0.05) is 33.8 Å². The predicted molar refractivity (Wildman–Crippen MR) is 124 cm³/mol. The topological polar surface area (TPSA) is 105 Å². The lowest BCUT2D eigenvalue weighted by Gasteiger charge is -2.13. The fourth-order valence-electron chi connectivity index (χ4n) is 2.84. The molecule has 31 heavy (non-hydrogen) atoms. The Morgan fingerprint density at radius 2 is 1.97 bits per heavy atom. The van der Waals surface area contributed by atoms with Crippen molar-refractivity contribution in [3.05, 3.63) is 53.0 Å². The Morgan fingerprint density at radius 3 is 2.61 bits per heavy atom. The lowest BCUT2D eigenvalue weighted by molar-refractivity contribution is -0.128. The van der Waals surface area contributed by atoms with Gasteiger partial charge in [0.05, 0.1) is 12.0 Å². The van der Waals surface area contributed by atoms with Crippen LogP contribution < -0.4 is 10.1 Å². The zero-order valence-electron chi connectivity index (χ0n) is 16.7. The number of carbonyl (C=O) groups is 2. The number of rotatable bonds is 7. The summed E-state index contributed by atoms with van der Waals surface area (Å²) in [5.41, 5.74) is 0.541. The van der Waals surface area contributed by atoms with E-state index in [1.807, 2.05) is 0 Å². The Hall–Kier alpha value is -2.37. The zero-order chi connectivity index (χ0) is 22.6. The fraction of sp³-hybridized carbons (Fsp3) is 0.250. The Bertz CT molecular complexity index is 1120. The van der Waals surface area contributed by atoms with Crippen molar-refractivity contribution in [2.75, 3.05) is 19.0 Å². The van der Waals surface area contributed by atoms with Gasteiger partial charge in [-0.2, -0.15) is 8.42 Å². The van der Waals surface area contributed by atoms with Crippen LogP contribution in [0, 0.1) is 0 Å². The standard InChI is InChI=1S/C20H20BrN3O5S2/c1-3-24-19(26)17(12-18(25)22-14-5-4-6-15(11-14)29-2)30-20(24)23-31(27,28)16-9-7-13(21)8-10-16/h4-11,17H,3,12H2,1-2H3,(H,22,25)/t17-/m0/s1. The van der Waals surface area contributed by atoms with E-state index < -0.39 is 15.3 Å². The third kappa shape index (κ3) is 5.66. The molecule has 1 fully saturated rings. The third-order valence-electron chi connectivity index (χ3n) is 4.37. The Kier molecular flexibility index (Phi) is 7.39. The second-order valence-electron chi connectivity index (χ2n) is 6.48. The SMILES string of the molecule is CCN1C(=O)[C@H](CC(=O)Nc2cccc(OC)c2)SC1=NS(=O)(=O)c1ccc(Br)cc1. The first-order valence-electron chi connectivity index (χ1n) is 9.26. The smallest absolute Gasteiger partial charge is 0.284 e. The molecule has 164 valence electrons. The van der Waals surface area contributed by atoms with Crippen LogP contribution in [0.5, 0.6) is 5.75 Å². The number of nitrogens with zero attached hydrogens (tertiary/aromatic N) is 2. The van der Waals surface area contributed by atoms with E-state index in [0.717, 1.165) is 16.2 Å². The average molecular weight is 526 g/mol. The van der Waals surface area contributed by atoms with Crippen molar-refractivity contribution in [3.8, 4) is 5.75 Å². The first-order chi connectivity index (χ1) is 14.7. The molecular weight excluding hydrogens is 506 g/mol. The highest BCUT2D eigenvalue weighted by molar-refractivity contribution is 9.10. The molecule has 1 aliphatic rings. The van der Waals surface area contributed by atoms with Crippen LogP contribution in [0.1, 0.15) is 13.3 Å². The zero-order valence-corrected chi connectivity index (χ0v) is 20.0.